The normalized spacial score (nSPS) is 17.8. The number of fused-ring (bicyclic) bond motifs is 1. The van der Waals surface area contributed by atoms with E-state index in [0.29, 0.717) is 42.3 Å². The molecule has 1 saturated heterocycles. The molecular weight excluding hydrogens is 425 g/mol. The fourth-order valence-electron chi connectivity index (χ4n) is 4.00. The van der Waals surface area contributed by atoms with Gasteiger partial charge in [0.2, 0.25) is 12.7 Å². The van der Waals surface area contributed by atoms with E-state index in [1.54, 1.807) is 23.1 Å². The summed E-state index contributed by atoms with van der Waals surface area (Å²) in [6, 6.07) is 9.50. The van der Waals surface area contributed by atoms with Gasteiger partial charge in [-0.1, -0.05) is 0 Å². The van der Waals surface area contributed by atoms with Crippen LogP contribution in [-0.2, 0) is 11.0 Å². The van der Waals surface area contributed by atoms with Crippen LogP contribution in [0.3, 0.4) is 0 Å². The summed E-state index contributed by atoms with van der Waals surface area (Å²) in [4.78, 5) is 26.9. The molecule has 1 atom stereocenters. The lowest BCUT2D eigenvalue weighted by molar-refractivity contribution is -0.137. The van der Waals surface area contributed by atoms with Gasteiger partial charge in [-0.05, 0) is 67.6 Å². The SMILES string of the molecule is O=C(CCC1CCCN(C(=O)c2ccc3c(c2)OCO3)C1)Nc1ccc(C(F)(F)F)cc1. The van der Waals surface area contributed by atoms with Gasteiger partial charge in [0.1, 0.15) is 0 Å². The molecule has 2 aromatic carbocycles. The molecule has 2 aromatic rings. The number of amides is 2. The van der Waals surface area contributed by atoms with Crippen LogP contribution in [0.1, 0.15) is 41.6 Å². The van der Waals surface area contributed by atoms with Crippen molar-refractivity contribution < 1.29 is 32.2 Å². The average Bonchev–Trinajstić information content (AvgIpc) is 3.25. The fraction of sp³-hybridized carbons (Fsp3) is 0.391. The van der Waals surface area contributed by atoms with Crippen LogP contribution in [0.15, 0.2) is 42.5 Å². The molecule has 0 aromatic heterocycles. The lowest BCUT2D eigenvalue weighted by Crippen LogP contribution is -2.40. The van der Waals surface area contributed by atoms with Crippen LogP contribution < -0.4 is 14.8 Å². The number of nitrogens with one attached hydrogen (secondary N) is 1. The van der Waals surface area contributed by atoms with E-state index in [1.165, 1.54) is 12.1 Å². The number of alkyl halides is 3. The molecule has 1 N–H and O–H groups in total. The maximum Gasteiger partial charge on any atom is 0.416 e. The number of benzene rings is 2. The molecule has 0 aliphatic carbocycles. The Bertz CT molecular complexity index is 992. The number of ether oxygens (including phenoxy) is 2. The van der Waals surface area contributed by atoms with Crippen molar-refractivity contribution in [3.8, 4) is 11.5 Å². The molecule has 2 aliphatic rings. The maximum atomic E-state index is 12.9. The van der Waals surface area contributed by atoms with E-state index in [-0.39, 0.29) is 30.9 Å². The number of likely N-dealkylation sites (tertiary alicyclic amines) is 1. The first kappa shape index (κ1) is 22.0. The second-order valence-electron chi connectivity index (χ2n) is 7.99. The molecule has 4 rings (SSSR count). The predicted molar refractivity (Wildman–Crippen MR) is 111 cm³/mol. The number of anilines is 1. The summed E-state index contributed by atoms with van der Waals surface area (Å²) in [6.45, 7) is 1.36. The molecule has 32 heavy (non-hydrogen) atoms. The Morgan fingerprint density at radius 3 is 2.56 bits per heavy atom. The summed E-state index contributed by atoms with van der Waals surface area (Å²) in [5.41, 5.74) is 0.103. The highest BCUT2D eigenvalue weighted by Crippen LogP contribution is 2.33. The van der Waals surface area contributed by atoms with Crippen LogP contribution >= 0.6 is 0 Å². The monoisotopic (exact) mass is 448 g/mol. The van der Waals surface area contributed by atoms with Crippen molar-refractivity contribution in [2.24, 2.45) is 5.92 Å². The standard InChI is InChI=1S/C23H23F3N2O4/c24-23(25,26)17-5-7-18(8-6-17)27-21(29)10-3-15-2-1-11-28(13-15)22(30)16-4-9-19-20(12-16)32-14-31-19/h4-9,12,15H,1-3,10-11,13-14H2,(H,27,29). The number of carbonyl (C=O) groups excluding carboxylic acids is 2. The van der Waals surface area contributed by atoms with Gasteiger partial charge in [-0.3, -0.25) is 9.59 Å². The first-order valence-electron chi connectivity index (χ1n) is 10.5. The van der Waals surface area contributed by atoms with Gasteiger partial charge in [-0.15, -0.1) is 0 Å². The second kappa shape index (κ2) is 9.10. The highest BCUT2D eigenvalue weighted by Gasteiger charge is 2.30. The number of halogens is 3. The number of piperidine rings is 1. The third-order valence-electron chi connectivity index (χ3n) is 5.70. The highest BCUT2D eigenvalue weighted by atomic mass is 19.4. The van der Waals surface area contributed by atoms with Crippen molar-refractivity contribution in [1.29, 1.82) is 0 Å². The Hall–Kier alpha value is -3.23. The van der Waals surface area contributed by atoms with Gasteiger partial charge >= 0.3 is 6.18 Å². The summed E-state index contributed by atoms with van der Waals surface area (Å²) in [5, 5.41) is 2.63. The van der Waals surface area contributed by atoms with E-state index in [1.807, 2.05) is 0 Å². The molecular formula is C23H23F3N2O4. The van der Waals surface area contributed by atoms with Crippen LogP contribution in [0.4, 0.5) is 18.9 Å². The summed E-state index contributed by atoms with van der Waals surface area (Å²) in [6.07, 6.45) is -1.82. The smallest absolute Gasteiger partial charge is 0.416 e. The van der Waals surface area contributed by atoms with Gasteiger partial charge in [0, 0.05) is 30.8 Å². The van der Waals surface area contributed by atoms with Crippen LogP contribution in [0.2, 0.25) is 0 Å². The van der Waals surface area contributed by atoms with Crippen molar-refractivity contribution in [1.82, 2.24) is 4.90 Å². The topological polar surface area (TPSA) is 67.9 Å². The number of nitrogens with zero attached hydrogens (tertiary/aromatic N) is 1. The van der Waals surface area contributed by atoms with E-state index in [2.05, 4.69) is 5.32 Å². The second-order valence-corrected chi connectivity index (χ2v) is 7.99. The summed E-state index contributed by atoms with van der Waals surface area (Å²) < 4.78 is 48.5. The zero-order chi connectivity index (χ0) is 22.7. The third-order valence-corrected chi connectivity index (χ3v) is 5.70. The van der Waals surface area contributed by atoms with Crippen LogP contribution in [0, 0.1) is 5.92 Å². The van der Waals surface area contributed by atoms with Gasteiger partial charge < -0.3 is 19.7 Å². The minimum Gasteiger partial charge on any atom is -0.454 e. The summed E-state index contributed by atoms with van der Waals surface area (Å²) >= 11 is 0. The molecule has 2 amide bonds. The molecule has 170 valence electrons. The van der Waals surface area contributed by atoms with Gasteiger partial charge in [-0.25, -0.2) is 0 Å². The minimum atomic E-state index is -4.41. The Balaban J connectivity index is 1.27. The maximum absolute atomic E-state index is 12.9. The summed E-state index contributed by atoms with van der Waals surface area (Å²) in [7, 11) is 0. The molecule has 0 radical (unpaired) electrons. The fourth-order valence-corrected chi connectivity index (χ4v) is 4.00. The Labute approximate surface area is 183 Å². The number of hydrogen-bond acceptors (Lipinski definition) is 4. The van der Waals surface area contributed by atoms with Crippen LogP contribution in [0.5, 0.6) is 11.5 Å². The molecule has 1 unspecified atom stereocenters. The number of rotatable bonds is 5. The van der Waals surface area contributed by atoms with Crippen molar-refractivity contribution in [2.45, 2.75) is 31.9 Å². The molecule has 0 spiro atoms. The Kier molecular flexibility index (Phi) is 6.25. The van der Waals surface area contributed by atoms with E-state index in [4.69, 9.17) is 9.47 Å². The molecule has 0 bridgehead atoms. The van der Waals surface area contributed by atoms with E-state index in [0.717, 1.165) is 25.0 Å². The van der Waals surface area contributed by atoms with Crippen molar-refractivity contribution in [3.63, 3.8) is 0 Å². The van der Waals surface area contributed by atoms with E-state index < -0.39 is 11.7 Å². The van der Waals surface area contributed by atoms with Crippen LogP contribution in [0.25, 0.3) is 0 Å². The van der Waals surface area contributed by atoms with Crippen molar-refractivity contribution in [3.05, 3.63) is 53.6 Å². The molecule has 6 nitrogen and oxygen atoms in total. The molecule has 0 saturated carbocycles. The zero-order valence-corrected chi connectivity index (χ0v) is 17.3. The average molecular weight is 448 g/mol. The number of hydrogen-bond donors (Lipinski definition) is 1. The zero-order valence-electron chi connectivity index (χ0n) is 17.3. The largest absolute Gasteiger partial charge is 0.454 e. The third kappa shape index (κ3) is 5.15. The molecule has 1 fully saturated rings. The van der Waals surface area contributed by atoms with Gasteiger partial charge in [-0.2, -0.15) is 13.2 Å². The highest BCUT2D eigenvalue weighted by molar-refractivity contribution is 5.95. The Morgan fingerprint density at radius 1 is 1.06 bits per heavy atom. The number of carbonyl (C=O) groups is 2. The van der Waals surface area contributed by atoms with Crippen molar-refractivity contribution in [2.75, 3.05) is 25.2 Å². The van der Waals surface area contributed by atoms with E-state index >= 15 is 0 Å². The quantitative estimate of drug-likeness (QED) is 0.720. The van der Waals surface area contributed by atoms with Gasteiger partial charge in [0.15, 0.2) is 11.5 Å². The van der Waals surface area contributed by atoms with E-state index in [9.17, 15) is 22.8 Å². The first-order chi connectivity index (χ1) is 15.3. The molecule has 2 aliphatic heterocycles. The minimum absolute atomic E-state index is 0.0813. The van der Waals surface area contributed by atoms with Crippen molar-refractivity contribution >= 4 is 17.5 Å². The molecule has 9 heteroatoms. The lowest BCUT2D eigenvalue weighted by atomic mass is 9.92. The van der Waals surface area contributed by atoms with Crippen LogP contribution in [-0.4, -0.2) is 36.6 Å². The Morgan fingerprint density at radius 2 is 1.81 bits per heavy atom. The van der Waals surface area contributed by atoms with Gasteiger partial charge in [0.05, 0.1) is 5.56 Å². The summed E-state index contributed by atoms with van der Waals surface area (Å²) in [5.74, 6) is 1.02. The molecule has 2 heterocycles. The predicted octanol–water partition coefficient (Wildman–Crippen LogP) is 4.71. The lowest BCUT2D eigenvalue weighted by Gasteiger charge is -2.33. The van der Waals surface area contributed by atoms with Gasteiger partial charge in [0.25, 0.3) is 5.91 Å². The first-order valence-corrected chi connectivity index (χ1v) is 10.5.